The van der Waals surface area contributed by atoms with Crippen LogP contribution in [0.3, 0.4) is 0 Å². The molecule has 0 fully saturated rings. The van der Waals surface area contributed by atoms with E-state index in [-0.39, 0.29) is 18.0 Å². The number of rotatable bonds is 6. The van der Waals surface area contributed by atoms with Crippen molar-refractivity contribution < 1.29 is 32.5 Å². The van der Waals surface area contributed by atoms with Gasteiger partial charge in [-0.15, -0.1) is 10.2 Å². The molecule has 0 saturated carbocycles. The van der Waals surface area contributed by atoms with Crippen molar-refractivity contribution in [1.82, 2.24) is 14.8 Å². The first-order valence-electron chi connectivity index (χ1n) is 11.7. The van der Waals surface area contributed by atoms with Gasteiger partial charge in [0.2, 0.25) is 5.91 Å². The number of ether oxygens (including phenoxy) is 4. The fourth-order valence-electron chi connectivity index (χ4n) is 4.05. The molecule has 1 amide bonds. The SMILES string of the molecule is O=C(CSc1nnc(C2COc3ccccc3O2)n1-c1ccc2c(c1)OCCO2)Nc1ccc(F)cc1F. The van der Waals surface area contributed by atoms with Crippen LogP contribution in [0.4, 0.5) is 14.5 Å². The van der Waals surface area contributed by atoms with Crippen LogP contribution in [0.15, 0.2) is 65.8 Å². The Labute approximate surface area is 219 Å². The van der Waals surface area contributed by atoms with Crippen molar-refractivity contribution in [2.45, 2.75) is 11.3 Å². The summed E-state index contributed by atoms with van der Waals surface area (Å²) in [4.78, 5) is 12.6. The molecule has 0 spiro atoms. The molecule has 3 heterocycles. The molecule has 0 aliphatic carbocycles. The lowest BCUT2D eigenvalue weighted by molar-refractivity contribution is -0.113. The summed E-state index contributed by atoms with van der Waals surface area (Å²) in [6.45, 7) is 1.08. The van der Waals surface area contributed by atoms with Crippen LogP contribution in [0.5, 0.6) is 23.0 Å². The molecule has 4 aromatic rings. The molecule has 0 saturated heterocycles. The standard InChI is InChI=1S/C26H20F2N4O5S/c27-15-5-7-18(17(28)11-15)29-24(33)14-38-26-31-30-25(23-13-36-19-3-1-2-4-21(19)37-23)32(26)16-6-8-20-22(12-16)35-10-9-34-20/h1-8,11-12,23H,9-10,13-14H2,(H,29,33). The van der Waals surface area contributed by atoms with Crippen LogP contribution in [-0.2, 0) is 4.79 Å². The molecule has 3 aromatic carbocycles. The molecule has 0 radical (unpaired) electrons. The van der Waals surface area contributed by atoms with E-state index in [0.29, 0.717) is 58.9 Å². The van der Waals surface area contributed by atoms with Crippen LogP contribution < -0.4 is 24.3 Å². The van der Waals surface area contributed by atoms with Gasteiger partial charge in [0.05, 0.1) is 17.1 Å². The highest BCUT2D eigenvalue weighted by Gasteiger charge is 2.30. The quantitative estimate of drug-likeness (QED) is 0.357. The average Bonchev–Trinajstić information content (AvgIpc) is 3.37. The molecule has 1 unspecified atom stereocenters. The predicted molar refractivity (Wildman–Crippen MR) is 133 cm³/mol. The van der Waals surface area contributed by atoms with E-state index in [1.54, 1.807) is 22.8 Å². The Kier molecular flexibility index (Phi) is 6.46. The highest BCUT2D eigenvalue weighted by molar-refractivity contribution is 7.99. The number of hydrogen-bond donors (Lipinski definition) is 1. The summed E-state index contributed by atoms with van der Waals surface area (Å²) < 4.78 is 52.4. The van der Waals surface area contributed by atoms with Crippen molar-refractivity contribution in [3.05, 3.63) is 78.1 Å². The third-order valence-electron chi connectivity index (χ3n) is 5.78. The van der Waals surface area contributed by atoms with E-state index in [2.05, 4.69) is 15.5 Å². The van der Waals surface area contributed by atoms with Gasteiger partial charge in [0.1, 0.15) is 31.5 Å². The maximum absolute atomic E-state index is 14.0. The zero-order valence-corrected chi connectivity index (χ0v) is 20.5. The second kappa shape index (κ2) is 10.2. The number of nitrogens with one attached hydrogen (secondary N) is 1. The molecule has 2 aliphatic heterocycles. The molecule has 9 nitrogen and oxygen atoms in total. The Morgan fingerprint density at radius 2 is 1.74 bits per heavy atom. The molecule has 6 rings (SSSR count). The predicted octanol–water partition coefficient (Wildman–Crippen LogP) is 4.56. The van der Waals surface area contributed by atoms with Crippen molar-refractivity contribution in [2.24, 2.45) is 0 Å². The van der Waals surface area contributed by atoms with Crippen LogP contribution in [0.1, 0.15) is 11.9 Å². The number of hydrogen-bond acceptors (Lipinski definition) is 8. The van der Waals surface area contributed by atoms with Gasteiger partial charge < -0.3 is 24.3 Å². The maximum Gasteiger partial charge on any atom is 0.234 e. The van der Waals surface area contributed by atoms with E-state index >= 15 is 0 Å². The summed E-state index contributed by atoms with van der Waals surface area (Å²) in [7, 11) is 0. The number of benzene rings is 3. The first kappa shape index (κ1) is 24.0. The number of nitrogens with zero attached hydrogens (tertiary/aromatic N) is 3. The molecule has 12 heteroatoms. The Bertz CT molecular complexity index is 1510. The summed E-state index contributed by atoms with van der Waals surface area (Å²) >= 11 is 1.10. The largest absolute Gasteiger partial charge is 0.486 e. The van der Waals surface area contributed by atoms with Crippen molar-refractivity contribution in [1.29, 1.82) is 0 Å². The number of carbonyl (C=O) groups is 1. The zero-order chi connectivity index (χ0) is 26.1. The highest BCUT2D eigenvalue weighted by Crippen LogP contribution is 2.38. The van der Waals surface area contributed by atoms with E-state index in [1.165, 1.54) is 6.07 Å². The average molecular weight is 539 g/mol. The van der Waals surface area contributed by atoms with Crippen molar-refractivity contribution in [3.63, 3.8) is 0 Å². The Balaban J connectivity index is 1.29. The van der Waals surface area contributed by atoms with Crippen molar-refractivity contribution in [2.75, 3.05) is 30.9 Å². The van der Waals surface area contributed by atoms with Crippen molar-refractivity contribution in [3.8, 4) is 28.7 Å². The van der Waals surface area contributed by atoms with Gasteiger partial charge in [-0.1, -0.05) is 23.9 Å². The summed E-state index contributed by atoms with van der Waals surface area (Å²) in [6, 6.07) is 15.7. The van der Waals surface area contributed by atoms with Gasteiger partial charge in [0.25, 0.3) is 0 Å². The van der Waals surface area contributed by atoms with E-state index in [4.69, 9.17) is 18.9 Å². The van der Waals surface area contributed by atoms with Gasteiger partial charge in [-0.3, -0.25) is 9.36 Å². The van der Waals surface area contributed by atoms with E-state index in [9.17, 15) is 13.6 Å². The normalized spacial score (nSPS) is 15.7. The summed E-state index contributed by atoms with van der Waals surface area (Å²) in [5, 5.41) is 11.5. The number of amides is 1. The number of halogens is 2. The molecular formula is C26H20F2N4O5S. The molecular weight excluding hydrogens is 518 g/mol. The lowest BCUT2D eigenvalue weighted by atomic mass is 10.2. The molecule has 0 bridgehead atoms. The van der Waals surface area contributed by atoms with Crippen LogP contribution in [0.25, 0.3) is 5.69 Å². The summed E-state index contributed by atoms with van der Waals surface area (Å²) in [6.07, 6.45) is -0.581. The van der Waals surface area contributed by atoms with Crippen LogP contribution in [0.2, 0.25) is 0 Å². The molecule has 194 valence electrons. The highest BCUT2D eigenvalue weighted by atomic mass is 32.2. The third kappa shape index (κ3) is 4.82. The number of thioether (sulfide) groups is 1. The van der Waals surface area contributed by atoms with Crippen LogP contribution >= 0.6 is 11.8 Å². The Morgan fingerprint density at radius 1 is 0.947 bits per heavy atom. The monoisotopic (exact) mass is 538 g/mol. The van der Waals surface area contributed by atoms with E-state index in [0.717, 1.165) is 17.8 Å². The lowest BCUT2D eigenvalue weighted by Gasteiger charge is -2.26. The van der Waals surface area contributed by atoms with Gasteiger partial charge in [-0.05, 0) is 36.4 Å². The fraction of sp³-hybridized carbons (Fsp3) is 0.192. The minimum Gasteiger partial charge on any atom is -0.486 e. The Morgan fingerprint density at radius 3 is 2.58 bits per heavy atom. The topological polar surface area (TPSA) is 96.7 Å². The van der Waals surface area contributed by atoms with Crippen molar-refractivity contribution >= 4 is 23.4 Å². The molecule has 38 heavy (non-hydrogen) atoms. The second-order valence-corrected chi connectivity index (χ2v) is 9.27. The van der Waals surface area contributed by atoms with Gasteiger partial charge in [0, 0.05) is 12.1 Å². The van der Waals surface area contributed by atoms with Gasteiger partial charge in [-0.2, -0.15) is 0 Å². The summed E-state index contributed by atoms with van der Waals surface area (Å²) in [5.74, 6) is 0.670. The maximum atomic E-state index is 14.0. The van der Waals surface area contributed by atoms with Crippen LogP contribution in [0, 0.1) is 11.6 Å². The number of aromatic nitrogens is 3. The molecule has 1 N–H and O–H groups in total. The van der Waals surface area contributed by atoms with Gasteiger partial charge >= 0.3 is 0 Å². The second-order valence-electron chi connectivity index (χ2n) is 8.33. The smallest absolute Gasteiger partial charge is 0.234 e. The first-order chi connectivity index (χ1) is 18.5. The minimum atomic E-state index is -0.861. The van der Waals surface area contributed by atoms with Crippen LogP contribution in [-0.4, -0.2) is 46.2 Å². The van der Waals surface area contributed by atoms with Gasteiger partial charge in [-0.25, -0.2) is 8.78 Å². The first-order valence-corrected chi connectivity index (χ1v) is 12.7. The number of para-hydroxylation sites is 2. The fourth-order valence-corrected chi connectivity index (χ4v) is 4.81. The lowest BCUT2D eigenvalue weighted by Crippen LogP contribution is -2.25. The number of carbonyl (C=O) groups excluding carboxylic acids is 1. The molecule has 1 atom stereocenters. The molecule has 1 aromatic heterocycles. The summed E-state index contributed by atoms with van der Waals surface area (Å²) in [5.41, 5.74) is 0.557. The Hall–Kier alpha value is -4.32. The van der Waals surface area contributed by atoms with E-state index in [1.807, 2.05) is 24.3 Å². The van der Waals surface area contributed by atoms with E-state index < -0.39 is 23.6 Å². The molecule has 2 aliphatic rings. The number of anilines is 1. The zero-order valence-electron chi connectivity index (χ0n) is 19.7. The minimum absolute atomic E-state index is 0.107. The number of fused-ring (bicyclic) bond motifs is 2. The van der Waals surface area contributed by atoms with Gasteiger partial charge in [0.15, 0.2) is 40.1 Å². The third-order valence-corrected chi connectivity index (χ3v) is 6.71.